The predicted molar refractivity (Wildman–Crippen MR) is 69.0 cm³/mol. The van der Waals surface area contributed by atoms with Crippen molar-refractivity contribution in [1.29, 1.82) is 0 Å². The Morgan fingerprint density at radius 1 is 1.35 bits per heavy atom. The Balaban J connectivity index is 1.74. The van der Waals surface area contributed by atoms with E-state index in [0.29, 0.717) is 13.0 Å². The Morgan fingerprint density at radius 3 is 2.70 bits per heavy atom. The molecule has 3 rings (SSSR count). The molecule has 3 nitrogen and oxygen atoms in total. The minimum absolute atomic E-state index is 0.0330. The third-order valence-corrected chi connectivity index (χ3v) is 4.35. The first kappa shape index (κ1) is 13.5. The molecular weight excluding hydrogens is 264 g/mol. The fourth-order valence-corrected chi connectivity index (χ4v) is 3.18. The average molecular weight is 281 g/mol. The molecule has 20 heavy (non-hydrogen) atoms. The number of halogens is 2. The molecule has 1 aromatic carbocycles. The van der Waals surface area contributed by atoms with Gasteiger partial charge in [-0.1, -0.05) is 6.07 Å². The van der Waals surface area contributed by atoms with E-state index in [-0.39, 0.29) is 36.0 Å². The van der Waals surface area contributed by atoms with Gasteiger partial charge in [0.05, 0.1) is 12.6 Å². The van der Waals surface area contributed by atoms with Gasteiger partial charge in [-0.25, -0.2) is 8.78 Å². The van der Waals surface area contributed by atoms with Gasteiger partial charge in [-0.3, -0.25) is 4.79 Å². The molecule has 1 aliphatic heterocycles. The van der Waals surface area contributed by atoms with Crippen molar-refractivity contribution in [3.8, 4) is 0 Å². The molecule has 0 radical (unpaired) electrons. The van der Waals surface area contributed by atoms with E-state index in [1.807, 2.05) is 0 Å². The summed E-state index contributed by atoms with van der Waals surface area (Å²) in [6.07, 6.45) is 2.17. The van der Waals surface area contributed by atoms with Crippen molar-refractivity contribution >= 4 is 5.91 Å². The normalized spacial score (nSPS) is 28.8. The van der Waals surface area contributed by atoms with Crippen LogP contribution >= 0.6 is 0 Å². The van der Waals surface area contributed by atoms with Gasteiger partial charge < -0.3 is 10.0 Å². The molecule has 2 aliphatic rings. The van der Waals surface area contributed by atoms with Crippen molar-refractivity contribution in [2.75, 3.05) is 13.2 Å². The zero-order valence-corrected chi connectivity index (χ0v) is 11.1. The van der Waals surface area contributed by atoms with Gasteiger partial charge >= 0.3 is 0 Å². The van der Waals surface area contributed by atoms with Crippen LogP contribution in [0.5, 0.6) is 0 Å². The topological polar surface area (TPSA) is 40.5 Å². The number of benzene rings is 1. The molecule has 1 aliphatic carbocycles. The summed E-state index contributed by atoms with van der Waals surface area (Å²) in [5, 5.41) is 9.24. The third-order valence-electron chi connectivity index (χ3n) is 4.35. The lowest BCUT2D eigenvalue weighted by Crippen LogP contribution is -2.38. The van der Waals surface area contributed by atoms with Crippen LogP contribution in [0.1, 0.15) is 30.7 Å². The second kappa shape index (κ2) is 5.13. The second-order valence-corrected chi connectivity index (χ2v) is 5.59. The summed E-state index contributed by atoms with van der Waals surface area (Å²) >= 11 is 0. The lowest BCUT2D eigenvalue weighted by molar-refractivity contribution is -0.134. The molecule has 2 fully saturated rings. The predicted octanol–water partition coefficient (Wildman–Crippen LogP) is 2.05. The van der Waals surface area contributed by atoms with Gasteiger partial charge in [0.1, 0.15) is 11.6 Å². The van der Waals surface area contributed by atoms with Crippen LogP contribution in [-0.2, 0) is 4.79 Å². The van der Waals surface area contributed by atoms with Crippen LogP contribution in [0.2, 0.25) is 0 Å². The number of carbonyl (C=O) groups is 1. The van der Waals surface area contributed by atoms with Crippen molar-refractivity contribution < 1.29 is 18.7 Å². The van der Waals surface area contributed by atoms with Crippen LogP contribution < -0.4 is 0 Å². The number of hydrogen-bond donors (Lipinski definition) is 1. The van der Waals surface area contributed by atoms with Gasteiger partial charge in [-0.2, -0.15) is 0 Å². The molecule has 1 heterocycles. The summed E-state index contributed by atoms with van der Waals surface area (Å²) in [6.45, 7) is 0.588. The van der Waals surface area contributed by atoms with Gasteiger partial charge in [0.2, 0.25) is 5.91 Å². The summed E-state index contributed by atoms with van der Waals surface area (Å²) in [7, 11) is 0. The molecule has 108 valence electrons. The fraction of sp³-hybridized carbons (Fsp3) is 0.533. The van der Waals surface area contributed by atoms with E-state index < -0.39 is 11.6 Å². The Bertz CT molecular complexity index is 514. The Kier molecular flexibility index (Phi) is 3.46. The molecule has 1 saturated carbocycles. The van der Waals surface area contributed by atoms with Gasteiger partial charge in [-0.15, -0.1) is 0 Å². The highest BCUT2D eigenvalue weighted by Crippen LogP contribution is 2.50. The molecule has 1 aromatic rings. The fourth-order valence-electron chi connectivity index (χ4n) is 3.18. The van der Waals surface area contributed by atoms with Crippen LogP contribution in [-0.4, -0.2) is 35.1 Å². The molecule has 1 saturated heterocycles. The summed E-state index contributed by atoms with van der Waals surface area (Å²) in [6, 6.07) is 3.65. The number of aliphatic hydroxyl groups is 1. The highest BCUT2D eigenvalue weighted by Gasteiger charge is 2.49. The van der Waals surface area contributed by atoms with Crippen molar-refractivity contribution in [3.05, 3.63) is 35.4 Å². The maximum absolute atomic E-state index is 13.7. The number of rotatable bonds is 3. The third kappa shape index (κ3) is 2.20. The summed E-state index contributed by atoms with van der Waals surface area (Å²) in [4.78, 5) is 14.0. The number of carbonyl (C=O) groups excluding carboxylic acids is 1. The van der Waals surface area contributed by atoms with Crippen molar-refractivity contribution in [1.82, 2.24) is 4.90 Å². The zero-order valence-electron chi connectivity index (χ0n) is 11.1. The lowest BCUT2D eigenvalue weighted by Gasteiger charge is -2.23. The standard InChI is InChI=1S/C15H17F2NO2/c16-12-4-1-5-13(17)14(12)10-7-11(10)15(20)18-6-2-3-9(18)8-19/h1,4-5,9-11,19H,2-3,6-8H2/t9-,10?,11?/m1/s1. The Labute approximate surface area is 116 Å². The molecule has 0 aromatic heterocycles. The number of nitrogens with zero attached hydrogens (tertiary/aromatic N) is 1. The molecule has 1 N–H and O–H groups in total. The van der Waals surface area contributed by atoms with Crippen LogP contribution in [0.4, 0.5) is 8.78 Å². The van der Waals surface area contributed by atoms with Gasteiger partial charge in [0.25, 0.3) is 0 Å². The van der Waals surface area contributed by atoms with Crippen LogP contribution in [0.25, 0.3) is 0 Å². The highest BCUT2D eigenvalue weighted by atomic mass is 19.1. The van der Waals surface area contributed by atoms with Crippen molar-refractivity contribution in [3.63, 3.8) is 0 Å². The van der Waals surface area contributed by atoms with E-state index in [4.69, 9.17) is 0 Å². The Hall–Kier alpha value is -1.49. The minimum Gasteiger partial charge on any atom is -0.394 e. The first-order valence-corrected chi connectivity index (χ1v) is 6.98. The van der Waals surface area contributed by atoms with Crippen molar-refractivity contribution in [2.24, 2.45) is 5.92 Å². The van der Waals surface area contributed by atoms with E-state index in [0.717, 1.165) is 12.8 Å². The van der Waals surface area contributed by atoms with Gasteiger partial charge in [0, 0.05) is 23.9 Å². The summed E-state index contributed by atoms with van der Waals surface area (Å²) in [5.74, 6) is -1.93. The van der Waals surface area contributed by atoms with E-state index in [2.05, 4.69) is 0 Å². The minimum atomic E-state index is -0.578. The highest BCUT2D eigenvalue weighted by molar-refractivity contribution is 5.83. The SMILES string of the molecule is O=C(C1CC1c1c(F)cccc1F)N1CCC[C@@H]1CO. The Morgan fingerprint density at radius 2 is 2.05 bits per heavy atom. The molecule has 3 atom stereocenters. The smallest absolute Gasteiger partial charge is 0.226 e. The average Bonchev–Trinajstić information content (AvgIpc) is 3.05. The quantitative estimate of drug-likeness (QED) is 0.921. The largest absolute Gasteiger partial charge is 0.394 e. The van der Waals surface area contributed by atoms with E-state index in [1.54, 1.807) is 4.90 Å². The van der Waals surface area contributed by atoms with Crippen molar-refractivity contribution in [2.45, 2.75) is 31.2 Å². The summed E-state index contributed by atoms with van der Waals surface area (Å²) in [5.41, 5.74) is 0.0330. The van der Waals surface area contributed by atoms with Crippen LogP contribution in [0, 0.1) is 17.6 Å². The monoisotopic (exact) mass is 281 g/mol. The number of hydrogen-bond acceptors (Lipinski definition) is 2. The first-order valence-electron chi connectivity index (χ1n) is 6.98. The number of amides is 1. The van der Waals surface area contributed by atoms with E-state index in [9.17, 15) is 18.7 Å². The van der Waals surface area contributed by atoms with Crippen LogP contribution in [0.3, 0.4) is 0 Å². The summed E-state index contributed by atoms with van der Waals surface area (Å²) < 4.78 is 27.4. The lowest BCUT2D eigenvalue weighted by atomic mass is 10.1. The first-order chi connectivity index (χ1) is 9.63. The van der Waals surface area contributed by atoms with Gasteiger partial charge in [-0.05, 0) is 31.4 Å². The maximum Gasteiger partial charge on any atom is 0.226 e. The number of aliphatic hydroxyl groups excluding tert-OH is 1. The maximum atomic E-state index is 13.7. The van der Waals surface area contributed by atoms with E-state index >= 15 is 0 Å². The molecule has 0 spiro atoms. The molecule has 2 unspecified atom stereocenters. The van der Waals surface area contributed by atoms with Gasteiger partial charge in [0.15, 0.2) is 0 Å². The molecule has 1 amide bonds. The number of likely N-dealkylation sites (tertiary alicyclic amines) is 1. The molecule has 5 heteroatoms. The van der Waals surface area contributed by atoms with Crippen LogP contribution in [0.15, 0.2) is 18.2 Å². The second-order valence-electron chi connectivity index (χ2n) is 5.59. The van der Waals surface area contributed by atoms with E-state index in [1.165, 1.54) is 18.2 Å². The molecule has 0 bridgehead atoms. The molecular formula is C15H17F2NO2. The zero-order chi connectivity index (χ0) is 14.3.